The number of ether oxygens (including phenoxy) is 1. The maximum Gasteiger partial charge on any atom is 0.306 e. The molecule has 0 bridgehead atoms. The first-order valence-electron chi connectivity index (χ1n) is 6.91. The fourth-order valence-electron chi connectivity index (χ4n) is 2.08. The van der Waals surface area contributed by atoms with E-state index in [4.69, 9.17) is 5.73 Å². The van der Waals surface area contributed by atoms with Gasteiger partial charge in [0.05, 0.1) is 13.5 Å². The van der Waals surface area contributed by atoms with Crippen LogP contribution >= 0.6 is 23.7 Å². The molecule has 2 aromatic rings. The second-order valence-electron chi connectivity index (χ2n) is 4.95. The molecule has 2 rings (SSSR count). The van der Waals surface area contributed by atoms with Gasteiger partial charge in [-0.2, -0.15) is 0 Å². The minimum atomic E-state index is -0.891. The van der Waals surface area contributed by atoms with Crippen molar-refractivity contribution >= 4 is 34.8 Å². The Kier molecular flexibility index (Phi) is 8.03. The molecule has 5 nitrogen and oxygen atoms in total. The largest absolute Gasteiger partial charge is 0.469 e. The van der Waals surface area contributed by atoms with Crippen molar-refractivity contribution < 1.29 is 18.3 Å². The molecule has 0 saturated carbocycles. The van der Waals surface area contributed by atoms with Gasteiger partial charge in [0.1, 0.15) is 0 Å². The topological polar surface area (TPSA) is 68.5 Å². The summed E-state index contributed by atoms with van der Waals surface area (Å²) in [5, 5.41) is 0.459. The molecule has 132 valence electrons. The van der Waals surface area contributed by atoms with Crippen LogP contribution in [0, 0.1) is 11.6 Å². The van der Waals surface area contributed by atoms with Crippen molar-refractivity contribution in [2.45, 2.75) is 19.5 Å². The molecule has 0 atom stereocenters. The van der Waals surface area contributed by atoms with Crippen molar-refractivity contribution in [3.05, 3.63) is 46.5 Å². The Morgan fingerprint density at radius 1 is 1.33 bits per heavy atom. The number of hydrogen-bond donors (Lipinski definition) is 1. The molecule has 0 fully saturated rings. The molecule has 9 heteroatoms. The van der Waals surface area contributed by atoms with Crippen LogP contribution in [0.2, 0.25) is 0 Å². The lowest BCUT2D eigenvalue weighted by Crippen LogP contribution is -2.25. The first-order chi connectivity index (χ1) is 11.0. The summed E-state index contributed by atoms with van der Waals surface area (Å²) in [5.74, 6) is -2.10. The van der Waals surface area contributed by atoms with Gasteiger partial charge in [0.25, 0.3) is 0 Å². The van der Waals surface area contributed by atoms with Crippen LogP contribution in [0.4, 0.5) is 13.9 Å². The predicted octanol–water partition coefficient (Wildman–Crippen LogP) is 2.99. The Morgan fingerprint density at radius 2 is 2.08 bits per heavy atom. The van der Waals surface area contributed by atoms with Gasteiger partial charge < -0.3 is 10.5 Å². The van der Waals surface area contributed by atoms with E-state index in [9.17, 15) is 13.6 Å². The molecule has 1 aromatic carbocycles. The normalized spacial score (nSPS) is 10.5. The quantitative estimate of drug-likeness (QED) is 0.751. The number of halogens is 3. The number of anilines is 1. The molecular formula is C15H18ClF2N3O2S. The van der Waals surface area contributed by atoms with E-state index in [1.807, 2.05) is 4.90 Å². The van der Waals surface area contributed by atoms with Crippen LogP contribution in [0.15, 0.2) is 24.4 Å². The smallest absolute Gasteiger partial charge is 0.306 e. The van der Waals surface area contributed by atoms with Crippen LogP contribution in [0.3, 0.4) is 0 Å². The fourth-order valence-corrected chi connectivity index (χ4v) is 2.80. The first-order valence-corrected chi connectivity index (χ1v) is 7.73. The summed E-state index contributed by atoms with van der Waals surface area (Å²) >= 11 is 1.35. The van der Waals surface area contributed by atoms with E-state index in [0.717, 1.165) is 17.0 Å². The van der Waals surface area contributed by atoms with Gasteiger partial charge in [0, 0.05) is 30.7 Å². The second-order valence-corrected chi connectivity index (χ2v) is 6.10. The van der Waals surface area contributed by atoms with Gasteiger partial charge >= 0.3 is 5.97 Å². The predicted molar refractivity (Wildman–Crippen MR) is 90.9 cm³/mol. The average Bonchev–Trinajstić information content (AvgIpc) is 2.93. The van der Waals surface area contributed by atoms with Crippen LogP contribution < -0.4 is 5.73 Å². The standard InChI is InChI=1S/C15H17F2N3O2S.ClH/c1-22-14(21)4-5-20(9-11-7-19-15(18)23-11)8-10-2-3-12(16)13(17)6-10;/h2-3,6-7H,4-5,8-9H2,1H3,(H2,18,19);1H. The Morgan fingerprint density at radius 3 is 2.67 bits per heavy atom. The zero-order valence-electron chi connectivity index (χ0n) is 13.0. The summed E-state index contributed by atoms with van der Waals surface area (Å²) in [5.41, 5.74) is 6.23. The van der Waals surface area contributed by atoms with Crippen molar-refractivity contribution in [3.8, 4) is 0 Å². The SMILES string of the molecule is COC(=O)CCN(Cc1ccc(F)c(F)c1)Cc1cnc(N)s1.Cl. The number of carbonyl (C=O) groups is 1. The van der Waals surface area contributed by atoms with Gasteiger partial charge in [-0.3, -0.25) is 9.69 Å². The van der Waals surface area contributed by atoms with Crippen LogP contribution in [-0.4, -0.2) is 29.5 Å². The highest BCUT2D eigenvalue weighted by atomic mass is 35.5. The Hall–Kier alpha value is -1.77. The van der Waals surface area contributed by atoms with Crippen molar-refractivity contribution in [3.63, 3.8) is 0 Å². The molecule has 0 amide bonds. The lowest BCUT2D eigenvalue weighted by molar-refractivity contribution is -0.141. The molecule has 0 aliphatic heterocycles. The van der Waals surface area contributed by atoms with Gasteiger partial charge in [-0.05, 0) is 17.7 Å². The zero-order valence-corrected chi connectivity index (χ0v) is 14.6. The van der Waals surface area contributed by atoms with Crippen molar-refractivity contribution in [1.29, 1.82) is 0 Å². The number of hydrogen-bond acceptors (Lipinski definition) is 6. The second kappa shape index (κ2) is 9.51. The molecule has 0 aliphatic rings. The van der Waals surface area contributed by atoms with E-state index in [2.05, 4.69) is 9.72 Å². The summed E-state index contributed by atoms with van der Waals surface area (Å²) in [7, 11) is 1.33. The molecule has 1 heterocycles. The number of esters is 1. The lowest BCUT2D eigenvalue weighted by Gasteiger charge is -2.21. The van der Waals surface area contributed by atoms with Gasteiger partial charge in [0.15, 0.2) is 16.8 Å². The van der Waals surface area contributed by atoms with E-state index in [1.54, 1.807) is 6.20 Å². The van der Waals surface area contributed by atoms with E-state index in [-0.39, 0.29) is 24.8 Å². The summed E-state index contributed by atoms with van der Waals surface area (Å²) in [6.45, 7) is 1.29. The minimum absolute atomic E-state index is 0. The van der Waals surface area contributed by atoms with Gasteiger partial charge in [-0.25, -0.2) is 13.8 Å². The average molecular weight is 378 g/mol. The number of rotatable bonds is 7. The monoisotopic (exact) mass is 377 g/mol. The lowest BCUT2D eigenvalue weighted by atomic mass is 10.2. The van der Waals surface area contributed by atoms with Gasteiger partial charge in [-0.15, -0.1) is 23.7 Å². The molecule has 24 heavy (non-hydrogen) atoms. The van der Waals surface area contributed by atoms with Crippen molar-refractivity contribution in [1.82, 2.24) is 9.88 Å². The third kappa shape index (κ3) is 6.03. The van der Waals surface area contributed by atoms with Crippen molar-refractivity contribution in [2.75, 3.05) is 19.4 Å². The van der Waals surface area contributed by atoms with Crippen molar-refractivity contribution in [2.24, 2.45) is 0 Å². The number of thiazole rings is 1. The van der Waals surface area contributed by atoms with Crippen LogP contribution in [0.25, 0.3) is 0 Å². The number of benzene rings is 1. The molecule has 0 saturated heterocycles. The van der Waals surface area contributed by atoms with E-state index < -0.39 is 11.6 Å². The highest BCUT2D eigenvalue weighted by Crippen LogP contribution is 2.19. The van der Waals surface area contributed by atoms with Gasteiger partial charge in [-0.1, -0.05) is 6.07 Å². The highest BCUT2D eigenvalue weighted by molar-refractivity contribution is 7.15. The van der Waals surface area contributed by atoms with Crippen LogP contribution in [0.5, 0.6) is 0 Å². The summed E-state index contributed by atoms with van der Waals surface area (Å²) < 4.78 is 31.0. The Bertz CT molecular complexity index is 684. The number of carbonyl (C=O) groups excluding carboxylic acids is 1. The Labute approximate surface area is 148 Å². The zero-order chi connectivity index (χ0) is 16.8. The van der Waals surface area contributed by atoms with Gasteiger partial charge in [0.2, 0.25) is 0 Å². The van der Waals surface area contributed by atoms with Crippen LogP contribution in [0.1, 0.15) is 16.9 Å². The number of methoxy groups -OCH3 is 1. The minimum Gasteiger partial charge on any atom is -0.469 e. The third-order valence-corrected chi connectivity index (χ3v) is 4.01. The number of aromatic nitrogens is 1. The molecule has 0 radical (unpaired) electrons. The van der Waals surface area contributed by atoms with Crippen LogP contribution in [-0.2, 0) is 22.6 Å². The molecule has 0 aliphatic carbocycles. The molecular weight excluding hydrogens is 360 g/mol. The maximum atomic E-state index is 13.3. The summed E-state index contributed by atoms with van der Waals surface area (Å²) in [4.78, 5) is 18.2. The number of nitrogen functional groups attached to an aromatic ring is 1. The number of nitrogens with two attached hydrogens (primary N) is 1. The molecule has 0 unspecified atom stereocenters. The van der Waals surface area contributed by atoms with E-state index >= 15 is 0 Å². The Balaban J connectivity index is 0.00000288. The van der Waals surface area contributed by atoms with E-state index in [1.165, 1.54) is 24.5 Å². The molecule has 2 N–H and O–H groups in total. The summed E-state index contributed by atoms with van der Waals surface area (Å²) in [6.07, 6.45) is 1.87. The summed E-state index contributed by atoms with van der Waals surface area (Å²) in [6, 6.07) is 3.76. The highest BCUT2D eigenvalue weighted by Gasteiger charge is 2.13. The number of nitrogens with zero attached hydrogens (tertiary/aromatic N) is 2. The molecule has 1 aromatic heterocycles. The van der Waals surface area contributed by atoms with E-state index in [0.29, 0.717) is 30.3 Å². The fraction of sp³-hybridized carbons (Fsp3) is 0.333. The molecule has 0 spiro atoms. The maximum absolute atomic E-state index is 13.3. The first kappa shape index (κ1) is 20.3. The third-order valence-electron chi connectivity index (χ3n) is 3.20.